The number of ether oxygens (including phenoxy) is 2. The zero-order valence-electron chi connectivity index (χ0n) is 20.1. The fraction of sp³-hybridized carbons (Fsp3) is 0.458. The second kappa shape index (κ2) is 14.6. The van der Waals surface area contributed by atoms with Gasteiger partial charge in [-0.2, -0.15) is 0 Å². The Morgan fingerprint density at radius 2 is 1.76 bits per heavy atom. The summed E-state index contributed by atoms with van der Waals surface area (Å²) >= 11 is 0. The number of nitrogens with zero attached hydrogens (tertiary/aromatic N) is 2. The van der Waals surface area contributed by atoms with Crippen LogP contribution in [0.25, 0.3) is 0 Å². The summed E-state index contributed by atoms with van der Waals surface area (Å²) in [4.78, 5) is 21.0. The van der Waals surface area contributed by atoms with Crippen LogP contribution in [0.1, 0.15) is 46.6 Å². The van der Waals surface area contributed by atoms with Crippen molar-refractivity contribution in [1.29, 1.82) is 0 Å². The van der Waals surface area contributed by atoms with Crippen LogP contribution in [-0.4, -0.2) is 42.1 Å². The van der Waals surface area contributed by atoms with E-state index in [4.69, 9.17) is 9.47 Å². The third kappa shape index (κ3) is 11.2. The van der Waals surface area contributed by atoms with E-state index in [-0.39, 0.29) is 42.0 Å². The molecule has 9 heteroatoms. The fourth-order valence-electron chi connectivity index (χ4n) is 2.70. The van der Waals surface area contributed by atoms with Crippen molar-refractivity contribution in [2.75, 3.05) is 19.7 Å². The van der Waals surface area contributed by atoms with Gasteiger partial charge in [0, 0.05) is 23.8 Å². The van der Waals surface area contributed by atoms with Gasteiger partial charge >= 0.3 is 0 Å². The number of hydrogen-bond acceptors (Lipinski definition) is 5. The van der Waals surface area contributed by atoms with Gasteiger partial charge in [0.2, 0.25) is 11.8 Å². The molecule has 0 atom stereocenters. The number of benzene rings is 1. The number of aromatic nitrogens is 1. The van der Waals surface area contributed by atoms with E-state index in [2.05, 4.69) is 32.9 Å². The summed E-state index contributed by atoms with van der Waals surface area (Å²) in [5.74, 6) is 2.41. The van der Waals surface area contributed by atoms with Crippen molar-refractivity contribution in [3.8, 4) is 17.4 Å². The van der Waals surface area contributed by atoms with Crippen molar-refractivity contribution in [3.05, 3.63) is 48.2 Å². The van der Waals surface area contributed by atoms with Crippen LogP contribution in [0.5, 0.6) is 17.4 Å². The highest BCUT2D eigenvalue weighted by atomic mass is 127. The van der Waals surface area contributed by atoms with E-state index in [0.29, 0.717) is 37.3 Å². The van der Waals surface area contributed by atoms with E-state index in [1.54, 1.807) is 6.20 Å². The highest BCUT2D eigenvalue weighted by Gasteiger charge is 2.14. The maximum absolute atomic E-state index is 12.1. The predicted octanol–water partition coefficient (Wildman–Crippen LogP) is 4.25. The molecule has 182 valence electrons. The Hall–Kier alpha value is -2.56. The van der Waals surface area contributed by atoms with Crippen molar-refractivity contribution in [1.82, 2.24) is 20.9 Å². The molecule has 3 N–H and O–H groups in total. The Morgan fingerprint density at radius 3 is 2.39 bits per heavy atom. The maximum atomic E-state index is 12.1. The summed E-state index contributed by atoms with van der Waals surface area (Å²) in [5, 5.41) is 9.12. The summed E-state index contributed by atoms with van der Waals surface area (Å²) in [6.07, 6.45) is 2.64. The molecule has 0 aliphatic carbocycles. The predicted molar refractivity (Wildman–Crippen MR) is 143 cm³/mol. The summed E-state index contributed by atoms with van der Waals surface area (Å²) in [6.45, 7) is 11.7. The number of nitrogens with one attached hydrogen (secondary N) is 3. The molecular weight excluding hydrogens is 533 g/mol. The quantitative estimate of drug-likeness (QED) is 0.225. The Kier molecular flexibility index (Phi) is 12.6. The first-order valence-corrected chi connectivity index (χ1v) is 11.0. The van der Waals surface area contributed by atoms with Gasteiger partial charge in [0.1, 0.15) is 11.5 Å². The van der Waals surface area contributed by atoms with Gasteiger partial charge in [-0.25, -0.2) is 9.98 Å². The zero-order valence-corrected chi connectivity index (χ0v) is 22.4. The molecule has 2 rings (SSSR count). The van der Waals surface area contributed by atoms with Crippen LogP contribution in [0, 0.1) is 0 Å². The first-order chi connectivity index (χ1) is 15.3. The van der Waals surface area contributed by atoms with Crippen LogP contribution in [0.15, 0.2) is 47.6 Å². The molecule has 0 saturated carbocycles. The second-order valence-corrected chi connectivity index (χ2v) is 8.24. The van der Waals surface area contributed by atoms with Gasteiger partial charge in [0.25, 0.3) is 0 Å². The lowest BCUT2D eigenvalue weighted by Crippen LogP contribution is -2.48. The molecule has 0 spiro atoms. The smallest absolute Gasteiger partial charge is 0.239 e. The number of pyridine rings is 1. The van der Waals surface area contributed by atoms with Gasteiger partial charge in [0.15, 0.2) is 5.96 Å². The minimum Gasteiger partial charge on any atom is -0.494 e. The van der Waals surface area contributed by atoms with Gasteiger partial charge in [-0.3, -0.25) is 4.79 Å². The number of carbonyl (C=O) groups excluding carboxylic acids is 1. The first kappa shape index (κ1) is 28.5. The lowest BCUT2D eigenvalue weighted by atomic mass is 10.1. The summed E-state index contributed by atoms with van der Waals surface area (Å²) in [7, 11) is 0. The largest absolute Gasteiger partial charge is 0.494 e. The molecule has 0 aliphatic heterocycles. The van der Waals surface area contributed by atoms with Crippen LogP contribution >= 0.6 is 24.0 Å². The molecule has 0 unspecified atom stereocenters. The topological polar surface area (TPSA) is 96.9 Å². The molecule has 1 heterocycles. The number of guanidine groups is 1. The van der Waals surface area contributed by atoms with E-state index in [1.165, 1.54) is 0 Å². The lowest BCUT2D eigenvalue weighted by molar-refractivity contribution is -0.121. The average molecular weight is 569 g/mol. The Bertz CT molecular complexity index is 882. The molecule has 2 aromatic rings. The fourth-order valence-corrected chi connectivity index (χ4v) is 2.70. The summed E-state index contributed by atoms with van der Waals surface area (Å²) in [5.41, 5.74) is 0.548. The van der Waals surface area contributed by atoms with E-state index in [1.807, 2.05) is 64.1 Å². The van der Waals surface area contributed by atoms with Gasteiger partial charge < -0.3 is 25.4 Å². The van der Waals surface area contributed by atoms with Crippen LogP contribution in [0.3, 0.4) is 0 Å². The van der Waals surface area contributed by atoms with Crippen molar-refractivity contribution in [3.63, 3.8) is 0 Å². The SMILES string of the molecule is CCCOc1ccc(Oc2ncccc2CN=C(NCC)NCC(=O)NC(C)(C)C)cc1.I. The molecule has 0 fully saturated rings. The van der Waals surface area contributed by atoms with E-state index in [0.717, 1.165) is 17.7 Å². The Labute approximate surface area is 214 Å². The third-order valence-electron chi connectivity index (χ3n) is 4.04. The number of amides is 1. The molecule has 0 saturated heterocycles. The van der Waals surface area contributed by atoms with Gasteiger partial charge in [-0.05, 0) is 64.4 Å². The molecule has 1 amide bonds. The second-order valence-electron chi connectivity index (χ2n) is 8.24. The number of rotatable bonds is 10. The molecule has 0 radical (unpaired) electrons. The highest BCUT2D eigenvalue weighted by molar-refractivity contribution is 14.0. The normalized spacial score (nSPS) is 11.2. The van der Waals surface area contributed by atoms with E-state index < -0.39 is 0 Å². The highest BCUT2D eigenvalue weighted by Crippen LogP contribution is 2.25. The van der Waals surface area contributed by atoms with Crippen molar-refractivity contribution in [2.45, 2.75) is 53.1 Å². The van der Waals surface area contributed by atoms with Gasteiger partial charge in [0.05, 0.1) is 19.7 Å². The third-order valence-corrected chi connectivity index (χ3v) is 4.04. The van der Waals surface area contributed by atoms with Gasteiger partial charge in [-0.1, -0.05) is 13.0 Å². The molecule has 1 aromatic heterocycles. The number of hydrogen-bond donors (Lipinski definition) is 3. The van der Waals surface area contributed by atoms with Crippen molar-refractivity contribution in [2.24, 2.45) is 4.99 Å². The molecule has 8 nitrogen and oxygen atoms in total. The van der Waals surface area contributed by atoms with Crippen LogP contribution in [0.2, 0.25) is 0 Å². The minimum atomic E-state index is -0.281. The zero-order chi connectivity index (χ0) is 23.4. The van der Waals surface area contributed by atoms with E-state index in [9.17, 15) is 4.79 Å². The number of halogens is 1. The number of aliphatic imine (C=N–C) groups is 1. The average Bonchev–Trinajstić information content (AvgIpc) is 2.75. The van der Waals surface area contributed by atoms with Crippen LogP contribution < -0.4 is 25.4 Å². The number of carbonyl (C=O) groups is 1. The molecular formula is C24H36IN5O3. The Morgan fingerprint density at radius 1 is 1.06 bits per heavy atom. The minimum absolute atomic E-state index is 0. The first-order valence-electron chi connectivity index (χ1n) is 11.0. The van der Waals surface area contributed by atoms with Crippen molar-refractivity contribution >= 4 is 35.8 Å². The molecule has 0 aliphatic rings. The van der Waals surface area contributed by atoms with Crippen LogP contribution in [0.4, 0.5) is 0 Å². The van der Waals surface area contributed by atoms with E-state index >= 15 is 0 Å². The van der Waals surface area contributed by atoms with Gasteiger partial charge in [-0.15, -0.1) is 24.0 Å². The monoisotopic (exact) mass is 569 g/mol. The summed E-state index contributed by atoms with van der Waals surface area (Å²) in [6, 6.07) is 11.2. The Balaban J connectivity index is 0.00000544. The van der Waals surface area contributed by atoms with Crippen LogP contribution in [-0.2, 0) is 11.3 Å². The molecule has 0 bridgehead atoms. The summed E-state index contributed by atoms with van der Waals surface area (Å²) < 4.78 is 11.6. The van der Waals surface area contributed by atoms with Crippen molar-refractivity contribution < 1.29 is 14.3 Å². The standard InChI is InChI=1S/C24H35N5O3.HI/c1-6-15-31-19-10-12-20(13-11-19)32-22-18(9-8-14-26-22)16-27-23(25-7-2)28-17-21(30)29-24(3,4)5;/h8-14H,6-7,15-17H2,1-5H3,(H,29,30)(H2,25,27,28);1H. The molecule has 33 heavy (non-hydrogen) atoms. The maximum Gasteiger partial charge on any atom is 0.239 e. The lowest BCUT2D eigenvalue weighted by Gasteiger charge is -2.21. The molecule has 1 aromatic carbocycles.